The van der Waals surface area contributed by atoms with Gasteiger partial charge in [-0.2, -0.15) is 0 Å². The van der Waals surface area contributed by atoms with Gasteiger partial charge in [0.1, 0.15) is 107 Å². The minimum Gasteiger partial charge on any atom is -0.508 e. The zero-order valence-electron chi connectivity index (χ0n) is 78.2. The number of ketones is 3. The van der Waals surface area contributed by atoms with Crippen LogP contribution >= 0.6 is 23.2 Å². The summed E-state index contributed by atoms with van der Waals surface area (Å²) in [6.45, 7) is 17.2. The van der Waals surface area contributed by atoms with Crippen LogP contribution in [0.5, 0.6) is 46.0 Å². The van der Waals surface area contributed by atoms with Gasteiger partial charge in [0.05, 0.1) is 40.1 Å². The van der Waals surface area contributed by atoms with Crippen LogP contribution in [0.1, 0.15) is 243 Å². The topological polar surface area (TPSA) is 531 Å². The lowest BCUT2D eigenvalue weighted by atomic mass is 9.51. The van der Waals surface area contributed by atoms with E-state index in [0.29, 0.717) is 18.3 Å². The summed E-state index contributed by atoms with van der Waals surface area (Å²) >= 11 is 14.7. The Balaban J connectivity index is 1.01. The molecule has 2 saturated heterocycles. The Hall–Kier alpha value is -10.5. The number of ether oxygens (including phenoxy) is 8. The van der Waals surface area contributed by atoms with E-state index < -0.39 is 268 Å². The number of rotatable bonds is 23. The number of halogens is 2. The zero-order chi connectivity index (χ0) is 98.8. The van der Waals surface area contributed by atoms with Crippen LogP contribution in [-0.2, 0) is 62.0 Å². The van der Waals surface area contributed by atoms with Crippen LogP contribution in [0.2, 0.25) is 10.0 Å². The predicted molar refractivity (Wildman–Crippen MR) is 490 cm³/mol. The molecule has 4 aliphatic carbocycles. The SMILES string of the molecule is CCCCCCCCNC(=O)NC(=O)C[C@@H]1CC(=O)[C@H](NC(=O)[C@@H](CC(C)C)N(C)C(=O)OC(C)(C)C)[C@H](O)c2ccc(c(Cl)c2)Oc2cc3cc(c2OC2OC(CO)C(O)C(O)C2OC2CC(C)(NC(=O)OC(C)(C)C)C(O)C(C)O2)Oc2ccc(cc2Cl)[C@@H](O)[C@H]2NC(=O)[C@H](CC(=O)[C@@H]3NC1=O)c1ccc(O)c(c1)-c1c(O)cc(O)cc1[C@@H](C(=O)CC1C3CC4CC(C3)CC1C4)NC2=O. The molecule has 4 saturated carbocycles. The number of carbonyl (C=O) groups excluding carboxylic acids is 11. The van der Waals surface area contributed by atoms with Crippen molar-refractivity contribution in [3.05, 3.63) is 117 Å². The number of imide groups is 1. The molecule has 7 heterocycles. The number of aromatic hydroxyl groups is 3. The minimum atomic E-state index is -2.32. The Morgan fingerprint density at radius 1 is 0.662 bits per heavy atom. The maximum absolute atomic E-state index is 17.0. The Labute approximate surface area is 797 Å². The number of unbranched alkanes of at least 4 members (excludes halogenated alkanes) is 5. The fraction of sp³-hybridized carbons (Fsp3) is 0.582. The normalized spacial score (nSPS) is 29.1. The van der Waals surface area contributed by atoms with Crippen molar-refractivity contribution in [1.82, 2.24) is 42.1 Å². The third-order valence-electron chi connectivity index (χ3n) is 26.9. The Morgan fingerprint density at radius 2 is 1.28 bits per heavy atom. The van der Waals surface area contributed by atoms with E-state index in [0.717, 1.165) is 112 Å². The van der Waals surface area contributed by atoms with E-state index in [1.165, 1.54) is 57.3 Å². The second-order valence-electron chi connectivity index (χ2n) is 40.1. The molecule has 0 radical (unpaired) electrons. The van der Waals surface area contributed by atoms with Crippen molar-refractivity contribution in [2.75, 3.05) is 20.2 Å². The van der Waals surface area contributed by atoms with Gasteiger partial charge in [-0.3, -0.25) is 48.6 Å². The van der Waals surface area contributed by atoms with Crippen molar-refractivity contribution >= 4 is 88.3 Å². The highest BCUT2D eigenvalue weighted by Crippen LogP contribution is 2.59. The lowest BCUT2D eigenvalue weighted by Crippen LogP contribution is -2.66. The maximum Gasteiger partial charge on any atom is 0.410 e. The standard InChI is InChI=1S/C98H126Cl2N8O28/c1-13-14-15-16-17-18-25-101-93(126)102-74(116)38-55-35-66(113)79(105-90(124)63(26-45(2)3)108(12)95(128)136-97(8,9)10)81(117)50-20-23-69(61(99)33-50)130-71-36-54-37-72(85(71)134-92-86(84(120)83(119)73(44-109)132-92)133-75-43-98(11,87(121)46(4)129-75)107-94(127)135-96(5,6)7)131-70-24-21-51(34-62(70)100)82(118)80-91(125)104-78(68(115)41-57-52-28-47-27-48(30-52)31-53(57)29-47)60-39-56(110)40-65(112)76(60)59-32-49(19-22-64(59)111)58(89(123)106-80)42-67(114)77(54)103-88(55)122/h19-24,32-34,36-37,39-40,45-48,52-53,55,57-58,63,73,75,77-84,86-87,92,109-112,117-121H,13-18,25-31,35,38,41-44H2,1-12H3,(H,103,122)(H,104,125)(H,105,124)(H,106,123)(H,107,127)(H2,101,102,116,126)/t46?,47?,48?,52?,53?,55-,57?,58+,63+,73?,75?,77+,78-,79-,80+,81+,82+,83?,84?,86?,87?,92?,98?/m0/s1. The van der Waals surface area contributed by atoms with E-state index in [1.54, 1.807) is 55.4 Å². The molecule has 16 N–H and O–H groups in total. The van der Waals surface area contributed by atoms with Crippen LogP contribution in [0.15, 0.2) is 78.9 Å². The van der Waals surface area contributed by atoms with Gasteiger partial charge in [0, 0.05) is 62.9 Å². The van der Waals surface area contributed by atoms with Crippen molar-refractivity contribution in [1.29, 1.82) is 0 Å². The molecule has 38 heteroatoms. The quantitative estimate of drug-likeness (QED) is 0.0270. The van der Waals surface area contributed by atoms with Crippen molar-refractivity contribution in [2.45, 2.75) is 300 Å². The van der Waals surface area contributed by atoms with Gasteiger partial charge in [-0.05, 0) is 218 Å². The van der Waals surface area contributed by atoms with Gasteiger partial charge in [-0.15, -0.1) is 0 Å². The third kappa shape index (κ3) is 24.1. The van der Waals surface area contributed by atoms with Gasteiger partial charge >= 0.3 is 18.2 Å². The number of hydrogen-bond donors (Lipinski definition) is 16. The van der Waals surface area contributed by atoms with Crippen LogP contribution in [-0.4, -0.2) is 220 Å². The van der Waals surface area contributed by atoms with Gasteiger partial charge in [-0.25, -0.2) is 14.4 Å². The molecule has 0 spiro atoms. The van der Waals surface area contributed by atoms with E-state index in [9.17, 15) is 65.1 Å². The van der Waals surface area contributed by atoms with Crippen molar-refractivity contribution in [3.8, 4) is 57.1 Å². The molecule has 15 bridgehead atoms. The van der Waals surface area contributed by atoms with Crippen molar-refractivity contribution < 1.29 is 137 Å². The summed E-state index contributed by atoms with van der Waals surface area (Å²) < 4.78 is 51.0. The van der Waals surface area contributed by atoms with Crippen LogP contribution in [0.4, 0.5) is 14.4 Å². The Kier molecular flexibility index (Phi) is 32.4. The first kappa shape index (κ1) is 103. The average molecular weight is 1940 g/mol. The minimum absolute atomic E-state index is 0.0734. The Bertz CT molecular complexity index is 5290. The number of nitrogens with zero attached hydrogens (tertiary/aromatic N) is 1. The molecule has 7 aliphatic heterocycles. The van der Waals surface area contributed by atoms with Gasteiger partial charge < -0.3 is 116 Å². The smallest absolute Gasteiger partial charge is 0.410 e. The first-order chi connectivity index (χ1) is 64.1. The fourth-order valence-corrected chi connectivity index (χ4v) is 20.7. The number of aliphatic hydroxyl groups excluding tert-OH is 6. The molecule has 0 aromatic heterocycles. The molecule has 11 aliphatic rings. The highest BCUT2D eigenvalue weighted by atomic mass is 35.5. The van der Waals surface area contributed by atoms with Gasteiger partial charge in [-0.1, -0.05) is 94.3 Å². The molecule has 6 fully saturated rings. The first-order valence-electron chi connectivity index (χ1n) is 46.7. The highest BCUT2D eigenvalue weighted by molar-refractivity contribution is 6.32. The summed E-state index contributed by atoms with van der Waals surface area (Å²) in [4.78, 5) is 170. The van der Waals surface area contributed by atoms with Gasteiger partial charge in [0.25, 0.3) is 0 Å². The number of nitrogens with one attached hydrogen (secondary N) is 7. The molecule has 9 amide bonds. The van der Waals surface area contributed by atoms with Crippen LogP contribution < -0.4 is 51.4 Å². The number of hydrogen-bond acceptors (Lipinski definition) is 28. The molecular weight excluding hydrogens is 1810 g/mol. The summed E-state index contributed by atoms with van der Waals surface area (Å²) in [6, 6.07) is 3.88. The van der Waals surface area contributed by atoms with Crippen molar-refractivity contribution in [3.63, 3.8) is 0 Å². The monoisotopic (exact) mass is 1930 g/mol. The summed E-state index contributed by atoms with van der Waals surface area (Å²) in [5.74, 6) is -17.0. The van der Waals surface area contributed by atoms with Gasteiger partial charge in [0.2, 0.25) is 41.6 Å². The van der Waals surface area contributed by atoms with E-state index in [2.05, 4.69) is 44.1 Å². The lowest BCUT2D eigenvalue weighted by molar-refractivity contribution is -0.334. The molecular formula is C98H126Cl2N8O28. The van der Waals surface area contributed by atoms with E-state index in [4.69, 9.17) is 61.1 Å². The number of urea groups is 1. The summed E-state index contributed by atoms with van der Waals surface area (Å²) in [5.41, 5.74) is -5.71. The van der Waals surface area contributed by atoms with Crippen LogP contribution in [0.25, 0.3) is 11.1 Å². The summed E-state index contributed by atoms with van der Waals surface area (Å²) in [6.07, 6.45) is -15.0. The molecule has 5 aromatic rings. The number of likely N-dealkylation sites (N-methyl/N-ethyl adjacent to an activating group) is 1. The number of alkyl carbamates (subject to hydrolysis) is 1. The number of amides is 9. The second-order valence-corrected chi connectivity index (χ2v) is 41.0. The zero-order valence-corrected chi connectivity index (χ0v) is 79.7. The number of carbonyl (C=O) groups is 11. The van der Waals surface area contributed by atoms with Crippen LogP contribution in [0.3, 0.4) is 0 Å². The number of aliphatic hydroxyl groups is 6. The number of Topliss-reactive ketones (excluding diaryl/α,β-unsaturated/α-hetero) is 3. The largest absolute Gasteiger partial charge is 0.508 e. The van der Waals surface area contributed by atoms with E-state index in [-0.39, 0.29) is 87.9 Å². The summed E-state index contributed by atoms with van der Waals surface area (Å²) in [7, 11) is 1.29. The number of phenols is 3. The van der Waals surface area contributed by atoms with E-state index >= 15 is 33.6 Å². The highest BCUT2D eigenvalue weighted by Gasteiger charge is 2.55. The number of phenolic OH excluding ortho intramolecular Hbond substituents is 3. The molecule has 9 unspecified atom stereocenters. The number of fused-ring (bicyclic) bond motifs is 15. The number of benzene rings is 5. The summed E-state index contributed by atoms with van der Waals surface area (Å²) in [5, 5.41) is 126. The first-order valence-corrected chi connectivity index (χ1v) is 47.4. The lowest BCUT2D eigenvalue weighted by Gasteiger charge is -2.54. The van der Waals surface area contributed by atoms with Gasteiger partial charge in [0.15, 0.2) is 41.2 Å². The third-order valence-corrected chi connectivity index (χ3v) is 27.5. The molecule has 740 valence electrons. The maximum atomic E-state index is 17.0. The Morgan fingerprint density at radius 3 is 1.89 bits per heavy atom. The van der Waals surface area contributed by atoms with Crippen LogP contribution in [0, 0.1) is 41.4 Å². The molecule has 136 heavy (non-hydrogen) atoms. The van der Waals surface area contributed by atoms with E-state index in [1.807, 2.05) is 0 Å². The fourth-order valence-electron chi connectivity index (χ4n) is 20.3. The molecule has 36 nitrogen and oxygen atoms in total. The molecule has 5 aromatic carbocycles. The molecule has 18 atom stereocenters. The van der Waals surface area contributed by atoms with Crippen molar-refractivity contribution in [2.24, 2.45) is 41.4 Å². The average Bonchev–Trinajstić information content (AvgIpc) is 0.753. The second kappa shape index (κ2) is 42.8. The molecule has 16 rings (SSSR count). The predicted octanol–water partition coefficient (Wildman–Crippen LogP) is 10.9.